The summed E-state index contributed by atoms with van der Waals surface area (Å²) in [6.45, 7) is 6.71. The van der Waals surface area contributed by atoms with Gasteiger partial charge < -0.3 is 15.4 Å². The molecule has 2 aliphatic rings. The van der Waals surface area contributed by atoms with Crippen LogP contribution in [-0.4, -0.2) is 47.0 Å². The first-order valence-electron chi connectivity index (χ1n) is 11.7. The Balaban J connectivity index is 1.19. The Morgan fingerprint density at radius 3 is 2.97 bits per heavy atom. The number of fused-ring (bicyclic) bond motifs is 2. The highest BCUT2D eigenvalue weighted by Crippen LogP contribution is 2.32. The molecule has 0 saturated carbocycles. The number of aromatic nitrogens is 3. The number of rotatable bonds is 7. The topological polar surface area (TPSA) is 76.4 Å². The number of aryl methyl sites for hydroxylation is 2. The highest BCUT2D eigenvalue weighted by atomic mass is 16.5. The molecule has 1 aliphatic heterocycles. The minimum Gasteiger partial charge on any atom is -0.373 e. The average Bonchev–Trinajstić information content (AvgIpc) is 3.22. The van der Waals surface area contributed by atoms with Gasteiger partial charge in [0.2, 0.25) is 0 Å². The molecule has 1 aromatic carbocycles. The molecule has 0 amide bonds. The van der Waals surface area contributed by atoms with Crippen molar-refractivity contribution in [3.05, 3.63) is 47.0 Å². The molecule has 2 heterocycles. The fourth-order valence-corrected chi connectivity index (χ4v) is 4.47. The number of hydrogen-bond acceptors (Lipinski definition) is 4. The zero-order valence-electron chi connectivity index (χ0n) is 19.1. The van der Waals surface area contributed by atoms with E-state index in [4.69, 9.17) is 4.74 Å². The van der Waals surface area contributed by atoms with Crippen LogP contribution in [-0.2, 0) is 24.1 Å². The summed E-state index contributed by atoms with van der Waals surface area (Å²) in [5.41, 5.74) is 2.83. The lowest BCUT2D eigenvalue weighted by Gasteiger charge is -2.26. The van der Waals surface area contributed by atoms with Gasteiger partial charge in [-0.25, -0.2) is 9.67 Å². The number of hydrogen-bond donors (Lipinski definition) is 2. The SMILES string of the molecule is CN=C(NCCCOC1CCCc2ccccc21)NC1CCc2nc(C(C)C)nn2C1. The minimum absolute atomic E-state index is 0.247. The predicted octanol–water partition coefficient (Wildman–Crippen LogP) is 3.37. The zero-order chi connectivity index (χ0) is 21.6. The Morgan fingerprint density at radius 2 is 2.13 bits per heavy atom. The molecular formula is C24H36N6O. The summed E-state index contributed by atoms with van der Waals surface area (Å²) < 4.78 is 8.27. The smallest absolute Gasteiger partial charge is 0.191 e. The second kappa shape index (κ2) is 10.3. The quantitative estimate of drug-likeness (QED) is 0.405. The third kappa shape index (κ3) is 5.45. The van der Waals surface area contributed by atoms with E-state index in [0.29, 0.717) is 12.0 Å². The van der Waals surface area contributed by atoms with Crippen LogP contribution in [0, 0.1) is 0 Å². The van der Waals surface area contributed by atoms with E-state index in [2.05, 4.69) is 68.5 Å². The molecule has 2 N–H and O–H groups in total. The standard InChI is InChI=1S/C24H36N6O/c1-17(2)23-28-22-13-12-19(16-30(22)29-23)27-24(25-3)26-14-7-15-31-21-11-6-9-18-8-4-5-10-20(18)21/h4-5,8,10,17,19,21H,6-7,9,11-16H2,1-3H3,(H2,25,26,27). The second-order valence-electron chi connectivity index (χ2n) is 8.91. The molecule has 0 fully saturated rings. The summed E-state index contributed by atoms with van der Waals surface area (Å²) in [5.74, 6) is 3.26. The van der Waals surface area contributed by atoms with Crippen molar-refractivity contribution in [1.29, 1.82) is 0 Å². The lowest BCUT2D eigenvalue weighted by molar-refractivity contribution is 0.0398. The molecule has 0 radical (unpaired) electrons. The Hall–Kier alpha value is -2.41. The molecule has 1 aliphatic carbocycles. The summed E-state index contributed by atoms with van der Waals surface area (Å²) in [7, 11) is 1.82. The summed E-state index contributed by atoms with van der Waals surface area (Å²) >= 11 is 0. The Morgan fingerprint density at radius 1 is 1.26 bits per heavy atom. The Labute approximate surface area is 185 Å². The summed E-state index contributed by atoms with van der Waals surface area (Å²) in [5, 5.41) is 11.7. The zero-order valence-corrected chi connectivity index (χ0v) is 19.1. The van der Waals surface area contributed by atoms with E-state index in [1.54, 1.807) is 0 Å². The van der Waals surface area contributed by atoms with Crippen LogP contribution in [0.3, 0.4) is 0 Å². The van der Waals surface area contributed by atoms with E-state index in [1.807, 2.05) is 7.05 Å². The molecule has 7 nitrogen and oxygen atoms in total. The largest absolute Gasteiger partial charge is 0.373 e. The first-order valence-corrected chi connectivity index (χ1v) is 11.7. The van der Waals surface area contributed by atoms with Crippen LogP contribution < -0.4 is 10.6 Å². The normalized spacial score (nSPS) is 21.0. The molecule has 0 spiro atoms. The van der Waals surface area contributed by atoms with Gasteiger partial charge >= 0.3 is 0 Å². The molecular weight excluding hydrogens is 388 g/mol. The van der Waals surface area contributed by atoms with Gasteiger partial charge in [-0.15, -0.1) is 0 Å². The second-order valence-corrected chi connectivity index (χ2v) is 8.91. The monoisotopic (exact) mass is 424 g/mol. The number of nitrogens with one attached hydrogen (secondary N) is 2. The van der Waals surface area contributed by atoms with E-state index in [-0.39, 0.29) is 6.10 Å². The first kappa shape index (κ1) is 21.8. The van der Waals surface area contributed by atoms with Crippen LogP contribution in [0.4, 0.5) is 0 Å². The summed E-state index contributed by atoms with van der Waals surface area (Å²) in [6.07, 6.45) is 6.70. The van der Waals surface area contributed by atoms with Crippen molar-refractivity contribution >= 4 is 5.96 Å². The van der Waals surface area contributed by atoms with E-state index < -0.39 is 0 Å². The van der Waals surface area contributed by atoms with Gasteiger partial charge in [0, 0.05) is 38.6 Å². The fraction of sp³-hybridized carbons (Fsp3) is 0.625. The van der Waals surface area contributed by atoms with Crippen LogP contribution >= 0.6 is 0 Å². The van der Waals surface area contributed by atoms with E-state index in [9.17, 15) is 0 Å². The molecule has 7 heteroatoms. The average molecular weight is 425 g/mol. The van der Waals surface area contributed by atoms with Crippen molar-refractivity contribution in [2.24, 2.45) is 4.99 Å². The highest BCUT2D eigenvalue weighted by Gasteiger charge is 2.23. The van der Waals surface area contributed by atoms with Crippen LogP contribution in [0.25, 0.3) is 0 Å². The van der Waals surface area contributed by atoms with E-state index in [0.717, 1.165) is 63.0 Å². The first-order chi connectivity index (χ1) is 15.1. The van der Waals surface area contributed by atoms with Crippen molar-refractivity contribution in [2.45, 2.75) is 77.0 Å². The molecule has 0 bridgehead atoms. The lowest BCUT2D eigenvalue weighted by atomic mass is 9.89. The Kier molecular flexibility index (Phi) is 7.22. The number of ether oxygens (including phenoxy) is 1. The number of nitrogens with zero attached hydrogens (tertiary/aromatic N) is 4. The van der Waals surface area contributed by atoms with Crippen molar-refractivity contribution < 1.29 is 4.74 Å². The van der Waals surface area contributed by atoms with Crippen molar-refractivity contribution in [3.8, 4) is 0 Å². The maximum Gasteiger partial charge on any atom is 0.191 e. The number of benzene rings is 1. The van der Waals surface area contributed by atoms with Gasteiger partial charge in [0.1, 0.15) is 5.82 Å². The molecule has 4 rings (SSSR count). The number of aliphatic imine (C=N–C) groups is 1. The predicted molar refractivity (Wildman–Crippen MR) is 123 cm³/mol. The minimum atomic E-state index is 0.247. The molecule has 31 heavy (non-hydrogen) atoms. The van der Waals surface area contributed by atoms with Gasteiger partial charge in [-0.2, -0.15) is 5.10 Å². The van der Waals surface area contributed by atoms with Crippen molar-refractivity contribution in [3.63, 3.8) is 0 Å². The van der Waals surface area contributed by atoms with Gasteiger partial charge in [0.05, 0.1) is 12.6 Å². The lowest BCUT2D eigenvalue weighted by Crippen LogP contribution is -2.47. The molecule has 2 unspecified atom stereocenters. The van der Waals surface area contributed by atoms with Gasteiger partial charge in [0.25, 0.3) is 0 Å². The fourth-order valence-electron chi connectivity index (χ4n) is 4.47. The molecule has 2 atom stereocenters. The van der Waals surface area contributed by atoms with E-state index in [1.165, 1.54) is 24.0 Å². The Bertz CT molecular complexity index is 890. The van der Waals surface area contributed by atoms with Crippen molar-refractivity contribution in [2.75, 3.05) is 20.2 Å². The molecule has 168 valence electrons. The summed E-state index contributed by atoms with van der Waals surface area (Å²) in [6, 6.07) is 9.02. The van der Waals surface area contributed by atoms with Crippen LogP contribution in [0.2, 0.25) is 0 Å². The van der Waals surface area contributed by atoms with Gasteiger partial charge in [-0.1, -0.05) is 38.1 Å². The van der Waals surface area contributed by atoms with Crippen LogP contribution in [0.5, 0.6) is 0 Å². The maximum atomic E-state index is 6.22. The number of guanidine groups is 1. The van der Waals surface area contributed by atoms with Crippen LogP contribution in [0.15, 0.2) is 29.3 Å². The van der Waals surface area contributed by atoms with Crippen LogP contribution in [0.1, 0.15) is 74.3 Å². The van der Waals surface area contributed by atoms with Gasteiger partial charge in [-0.05, 0) is 43.2 Å². The molecule has 0 saturated heterocycles. The summed E-state index contributed by atoms with van der Waals surface area (Å²) in [4.78, 5) is 9.07. The van der Waals surface area contributed by atoms with Gasteiger partial charge in [-0.3, -0.25) is 4.99 Å². The van der Waals surface area contributed by atoms with Gasteiger partial charge in [0.15, 0.2) is 11.8 Å². The third-order valence-electron chi connectivity index (χ3n) is 6.20. The molecule has 2 aromatic rings. The highest BCUT2D eigenvalue weighted by molar-refractivity contribution is 5.79. The molecule has 1 aromatic heterocycles. The maximum absolute atomic E-state index is 6.22. The third-order valence-corrected chi connectivity index (χ3v) is 6.20. The van der Waals surface area contributed by atoms with Crippen molar-refractivity contribution in [1.82, 2.24) is 25.4 Å². The van der Waals surface area contributed by atoms with E-state index >= 15 is 0 Å².